The molecule has 0 aromatic rings. The summed E-state index contributed by atoms with van der Waals surface area (Å²) >= 11 is 0. The van der Waals surface area contributed by atoms with Crippen LogP contribution < -0.4 is 5.73 Å². The number of hydrogen-bond acceptors (Lipinski definition) is 3. The maximum absolute atomic E-state index is 10.7. The van der Waals surface area contributed by atoms with Gasteiger partial charge in [-0.05, 0) is 18.8 Å². The van der Waals surface area contributed by atoms with Crippen LogP contribution in [0.1, 0.15) is 12.8 Å². The first-order valence-corrected chi connectivity index (χ1v) is 5.54. The second kappa shape index (κ2) is 3.38. The summed E-state index contributed by atoms with van der Waals surface area (Å²) in [5.41, 5.74) is 4.54. The Kier molecular flexibility index (Phi) is 2.77. The van der Waals surface area contributed by atoms with E-state index in [1.54, 1.807) is 0 Å². The van der Waals surface area contributed by atoms with Crippen molar-refractivity contribution in [1.29, 1.82) is 0 Å². The number of rotatable bonds is 4. The molecular formula is C6H12NO5P. The molecule has 0 saturated heterocycles. The highest BCUT2D eigenvalue weighted by Crippen LogP contribution is 2.59. The van der Waals surface area contributed by atoms with E-state index in [0.29, 0.717) is 6.42 Å². The fraction of sp³-hybridized carbons (Fsp3) is 0.833. The molecule has 7 heteroatoms. The van der Waals surface area contributed by atoms with E-state index in [0.717, 1.165) is 0 Å². The summed E-state index contributed by atoms with van der Waals surface area (Å²) in [6.45, 7) is 0. The van der Waals surface area contributed by atoms with Crippen LogP contribution in [0.25, 0.3) is 0 Å². The molecule has 1 aliphatic carbocycles. The molecule has 5 N–H and O–H groups in total. The third-order valence-corrected chi connectivity index (χ3v) is 3.69. The van der Waals surface area contributed by atoms with Gasteiger partial charge in [-0.3, -0.25) is 9.36 Å². The van der Waals surface area contributed by atoms with Crippen LogP contribution in [-0.4, -0.2) is 32.6 Å². The van der Waals surface area contributed by atoms with Crippen molar-refractivity contribution in [3.8, 4) is 0 Å². The van der Waals surface area contributed by atoms with Gasteiger partial charge < -0.3 is 20.6 Å². The first-order valence-electron chi connectivity index (χ1n) is 3.86. The maximum atomic E-state index is 10.7. The molecule has 1 rings (SSSR count). The normalized spacial score (nSPS) is 29.8. The monoisotopic (exact) mass is 209 g/mol. The van der Waals surface area contributed by atoms with Gasteiger partial charge in [0.05, 0.1) is 5.66 Å². The molecule has 1 saturated carbocycles. The Labute approximate surface area is 74.9 Å². The molecule has 76 valence electrons. The lowest BCUT2D eigenvalue weighted by Gasteiger charge is -2.05. The van der Waals surface area contributed by atoms with Crippen LogP contribution in [0.15, 0.2) is 0 Å². The van der Waals surface area contributed by atoms with E-state index >= 15 is 0 Å². The quantitative estimate of drug-likeness (QED) is 0.457. The van der Waals surface area contributed by atoms with E-state index in [2.05, 4.69) is 0 Å². The van der Waals surface area contributed by atoms with Gasteiger partial charge in [0, 0.05) is 0 Å². The summed E-state index contributed by atoms with van der Waals surface area (Å²) in [5, 5.41) is 8.43. The van der Waals surface area contributed by atoms with Crippen molar-refractivity contribution >= 4 is 13.6 Å². The largest absolute Gasteiger partial charge is 0.480 e. The van der Waals surface area contributed by atoms with E-state index in [9.17, 15) is 9.36 Å². The number of aliphatic carboxylic acids is 1. The minimum Gasteiger partial charge on any atom is -0.480 e. The van der Waals surface area contributed by atoms with Gasteiger partial charge in [0.25, 0.3) is 0 Å². The Bertz CT molecular complexity index is 262. The third kappa shape index (κ3) is 2.77. The zero-order chi connectivity index (χ0) is 10.2. The number of carbonyl (C=O) groups is 1. The Morgan fingerprint density at radius 2 is 2.15 bits per heavy atom. The molecule has 13 heavy (non-hydrogen) atoms. The number of hydrogen-bond donors (Lipinski definition) is 4. The number of carboxylic acid groups (broad SMARTS) is 1. The molecule has 1 fully saturated rings. The lowest BCUT2D eigenvalue weighted by molar-refractivity contribution is -0.138. The Balaban J connectivity index is 2.37. The van der Waals surface area contributed by atoms with Crippen LogP contribution >= 0.6 is 7.60 Å². The average molecular weight is 209 g/mol. The van der Waals surface area contributed by atoms with Gasteiger partial charge in [0.1, 0.15) is 6.04 Å². The Hall–Kier alpha value is -0.420. The van der Waals surface area contributed by atoms with E-state index in [-0.39, 0.29) is 12.3 Å². The van der Waals surface area contributed by atoms with Crippen molar-refractivity contribution in [3.63, 3.8) is 0 Å². The third-order valence-electron chi connectivity index (χ3n) is 2.19. The molecule has 0 bridgehead atoms. The predicted molar refractivity (Wildman–Crippen MR) is 44.2 cm³/mol. The summed E-state index contributed by atoms with van der Waals surface area (Å²) in [4.78, 5) is 27.7. The van der Waals surface area contributed by atoms with Gasteiger partial charge in [-0.2, -0.15) is 0 Å². The van der Waals surface area contributed by atoms with Gasteiger partial charge in [-0.15, -0.1) is 0 Å². The molecule has 0 aromatic heterocycles. The maximum Gasteiger partial charge on any atom is 0.328 e. The average Bonchev–Trinajstić information content (AvgIpc) is 2.65. The summed E-state index contributed by atoms with van der Waals surface area (Å²) in [7, 11) is -4.02. The minimum atomic E-state index is -4.02. The van der Waals surface area contributed by atoms with Gasteiger partial charge >= 0.3 is 13.6 Å². The molecule has 3 atom stereocenters. The molecule has 0 amide bonds. The SMILES string of the molecule is N[C@H](C[C@@H]1CC1P(=O)(O)O)C(=O)O. The molecule has 0 aromatic carbocycles. The Morgan fingerprint density at radius 3 is 2.46 bits per heavy atom. The van der Waals surface area contributed by atoms with E-state index < -0.39 is 25.3 Å². The summed E-state index contributed by atoms with van der Waals surface area (Å²) in [6.07, 6.45) is 0.524. The first kappa shape index (κ1) is 10.7. The molecule has 1 unspecified atom stereocenters. The van der Waals surface area contributed by atoms with Crippen molar-refractivity contribution in [2.24, 2.45) is 11.7 Å². The molecule has 0 aliphatic heterocycles. The first-order chi connectivity index (χ1) is 5.82. The van der Waals surface area contributed by atoms with Crippen molar-refractivity contribution in [3.05, 3.63) is 0 Å². The Morgan fingerprint density at radius 1 is 1.62 bits per heavy atom. The van der Waals surface area contributed by atoms with Crippen LogP contribution in [0, 0.1) is 5.92 Å². The highest BCUT2D eigenvalue weighted by molar-refractivity contribution is 7.53. The van der Waals surface area contributed by atoms with Crippen LogP contribution in [0.4, 0.5) is 0 Å². The highest BCUT2D eigenvalue weighted by Gasteiger charge is 2.50. The summed E-state index contributed by atoms with van der Waals surface area (Å²) in [6, 6.07) is -1.01. The van der Waals surface area contributed by atoms with Gasteiger partial charge in [-0.25, -0.2) is 0 Å². The number of carboxylic acids is 1. The molecule has 6 nitrogen and oxygen atoms in total. The van der Waals surface area contributed by atoms with Crippen molar-refractivity contribution in [2.75, 3.05) is 0 Å². The van der Waals surface area contributed by atoms with Crippen molar-refractivity contribution < 1.29 is 24.3 Å². The van der Waals surface area contributed by atoms with Gasteiger partial charge in [0.2, 0.25) is 0 Å². The lowest BCUT2D eigenvalue weighted by Crippen LogP contribution is -2.30. The standard InChI is InChI=1S/C6H12NO5P/c7-4(6(8)9)1-3-2-5(3)13(10,11)12/h3-5H,1-2,7H2,(H,8,9)(H2,10,11,12)/t3-,4-,5?/m1/s1. The highest BCUT2D eigenvalue weighted by atomic mass is 31.2. The van der Waals surface area contributed by atoms with E-state index in [4.69, 9.17) is 20.6 Å². The summed E-state index contributed by atoms with van der Waals surface area (Å²) < 4.78 is 10.7. The molecule has 0 heterocycles. The molecule has 1 aliphatic rings. The fourth-order valence-corrected chi connectivity index (χ4v) is 2.54. The zero-order valence-corrected chi connectivity index (χ0v) is 7.72. The van der Waals surface area contributed by atoms with Gasteiger partial charge in [-0.1, -0.05) is 0 Å². The second-order valence-corrected chi connectivity index (χ2v) is 5.17. The lowest BCUT2D eigenvalue weighted by atomic mass is 10.1. The van der Waals surface area contributed by atoms with Crippen molar-refractivity contribution in [2.45, 2.75) is 24.5 Å². The van der Waals surface area contributed by atoms with Crippen molar-refractivity contribution in [1.82, 2.24) is 0 Å². The zero-order valence-electron chi connectivity index (χ0n) is 6.83. The fourth-order valence-electron chi connectivity index (χ4n) is 1.32. The smallest absolute Gasteiger partial charge is 0.328 e. The number of nitrogens with two attached hydrogens (primary N) is 1. The topological polar surface area (TPSA) is 121 Å². The predicted octanol–water partition coefficient (Wildman–Crippen LogP) is -0.645. The second-order valence-electron chi connectivity index (χ2n) is 3.33. The van der Waals surface area contributed by atoms with Crippen LogP contribution in [-0.2, 0) is 9.36 Å². The van der Waals surface area contributed by atoms with Crippen LogP contribution in [0.2, 0.25) is 0 Å². The minimum absolute atomic E-state index is 0.144. The molecule has 0 spiro atoms. The van der Waals surface area contributed by atoms with E-state index in [1.165, 1.54) is 0 Å². The van der Waals surface area contributed by atoms with Crippen LogP contribution in [0.5, 0.6) is 0 Å². The van der Waals surface area contributed by atoms with E-state index in [1.807, 2.05) is 0 Å². The molecular weight excluding hydrogens is 197 g/mol. The van der Waals surface area contributed by atoms with Crippen LogP contribution in [0.3, 0.4) is 0 Å². The molecule has 0 radical (unpaired) electrons. The summed E-state index contributed by atoms with van der Waals surface area (Å²) in [5.74, 6) is -1.36. The van der Waals surface area contributed by atoms with Gasteiger partial charge in [0.15, 0.2) is 0 Å².